The van der Waals surface area contributed by atoms with Crippen LogP contribution < -0.4 is 5.32 Å². The standard InChI is InChI=1S/C12H16INO/c1-9(2)11(8-13)14-12(15)10-6-4-3-5-7-10/h3-7,9,11H,8H2,1-2H3,(H,14,15). The zero-order valence-electron chi connectivity index (χ0n) is 9.03. The number of amides is 1. The van der Waals surface area contributed by atoms with E-state index in [1.54, 1.807) is 0 Å². The molecule has 0 fully saturated rings. The second-order valence-electron chi connectivity index (χ2n) is 3.84. The summed E-state index contributed by atoms with van der Waals surface area (Å²) in [6.45, 7) is 4.24. The summed E-state index contributed by atoms with van der Waals surface area (Å²) in [5.41, 5.74) is 0.730. The van der Waals surface area contributed by atoms with Gasteiger partial charge in [0.1, 0.15) is 0 Å². The van der Waals surface area contributed by atoms with Gasteiger partial charge in [-0.15, -0.1) is 0 Å². The topological polar surface area (TPSA) is 29.1 Å². The molecular formula is C12H16INO. The second kappa shape index (κ2) is 6.10. The fourth-order valence-corrected chi connectivity index (χ4v) is 2.46. The molecule has 0 aliphatic heterocycles. The Labute approximate surface area is 105 Å². The molecule has 1 aromatic rings. The number of hydrogen-bond acceptors (Lipinski definition) is 1. The van der Waals surface area contributed by atoms with Crippen molar-refractivity contribution in [3.05, 3.63) is 35.9 Å². The molecule has 2 nitrogen and oxygen atoms in total. The lowest BCUT2D eigenvalue weighted by atomic mass is 10.1. The second-order valence-corrected chi connectivity index (χ2v) is 4.73. The van der Waals surface area contributed by atoms with Gasteiger partial charge in [0.25, 0.3) is 5.91 Å². The average molecular weight is 317 g/mol. The molecule has 82 valence electrons. The van der Waals surface area contributed by atoms with Crippen LogP contribution in [0.15, 0.2) is 30.3 Å². The predicted octanol–water partition coefficient (Wildman–Crippen LogP) is 2.88. The van der Waals surface area contributed by atoms with E-state index in [0.29, 0.717) is 5.92 Å². The Morgan fingerprint density at radius 1 is 1.33 bits per heavy atom. The molecule has 0 bridgehead atoms. The van der Waals surface area contributed by atoms with E-state index in [2.05, 4.69) is 41.8 Å². The van der Waals surface area contributed by atoms with Crippen molar-refractivity contribution >= 4 is 28.5 Å². The van der Waals surface area contributed by atoms with Crippen molar-refractivity contribution < 1.29 is 4.79 Å². The summed E-state index contributed by atoms with van der Waals surface area (Å²) in [7, 11) is 0. The third-order valence-electron chi connectivity index (χ3n) is 2.32. The van der Waals surface area contributed by atoms with Crippen LogP contribution in [0.1, 0.15) is 24.2 Å². The van der Waals surface area contributed by atoms with Gasteiger partial charge < -0.3 is 5.32 Å². The lowest BCUT2D eigenvalue weighted by Gasteiger charge is -2.19. The predicted molar refractivity (Wildman–Crippen MR) is 71.4 cm³/mol. The van der Waals surface area contributed by atoms with Crippen molar-refractivity contribution in [1.29, 1.82) is 0 Å². The highest BCUT2D eigenvalue weighted by atomic mass is 127. The van der Waals surface area contributed by atoms with E-state index in [9.17, 15) is 4.79 Å². The molecule has 1 unspecified atom stereocenters. The number of hydrogen-bond donors (Lipinski definition) is 1. The molecule has 1 N–H and O–H groups in total. The van der Waals surface area contributed by atoms with E-state index in [1.807, 2.05) is 30.3 Å². The van der Waals surface area contributed by atoms with Crippen molar-refractivity contribution in [2.45, 2.75) is 19.9 Å². The van der Waals surface area contributed by atoms with Gasteiger partial charge in [0, 0.05) is 16.0 Å². The molecule has 0 saturated heterocycles. The number of carbonyl (C=O) groups excluding carboxylic acids is 1. The van der Waals surface area contributed by atoms with Gasteiger partial charge in [-0.05, 0) is 18.1 Å². The van der Waals surface area contributed by atoms with E-state index < -0.39 is 0 Å². The van der Waals surface area contributed by atoms with E-state index in [4.69, 9.17) is 0 Å². The Morgan fingerprint density at radius 2 is 1.93 bits per heavy atom. The van der Waals surface area contributed by atoms with Crippen molar-refractivity contribution in [3.8, 4) is 0 Å². The molecule has 1 rings (SSSR count). The highest BCUT2D eigenvalue weighted by molar-refractivity contribution is 14.1. The van der Waals surface area contributed by atoms with Crippen LogP contribution in [-0.4, -0.2) is 16.4 Å². The minimum atomic E-state index is 0.0194. The van der Waals surface area contributed by atoms with Gasteiger partial charge in [-0.25, -0.2) is 0 Å². The number of halogens is 1. The molecule has 15 heavy (non-hydrogen) atoms. The van der Waals surface area contributed by atoms with Crippen LogP contribution in [-0.2, 0) is 0 Å². The van der Waals surface area contributed by atoms with Crippen LogP contribution in [0, 0.1) is 5.92 Å². The first-order chi connectivity index (χ1) is 7.15. The maximum Gasteiger partial charge on any atom is 0.251 e. The quantitative estimate of drug-likeness (QED) is 0.671. The van der Waals surface area contributed by atoms with Crippen LogP contribution in [0.25, 0.3) is 0 Å². The Kier molecular flexibility index (Phi) is 5.08. The van der Waals surface area contributed by atoms with Gasteiger partial charge in [-0.2, -0.15) is 0 Å². The fraction of sp³-hybridized carbons (Fsp3) is 0.417. The summed E-state index contributed by atoms with van der Waals surface area (Å²) >= 11 is 2.30. The molecule has 0 saturated carbocycles. The minimum Gasteiger partial charge on any atom is -0.348 e. The lowest BCUT2D eigenvalue weighted by Crippen LogP contribution is -2.39. The molecule has 0 radical (unpaired) electrons. The normalized spacial score (nSPS) is 12.5. The van der Waals surface area contributed by atoms with Gasteiger partial charge in [0.15, 0.2) is 0 Å². The Bertz CT molecular complexity index is 311. The highest BCUT2D eigenvalue weighted by Crippen LogP contribution is 2.07. The van der Waals surface area contributed by atoms with Gasteiger partial charge in [-0.1, -0.05) is 54.6 Å². The zero-order chi connectivity index (χ0) is 11.3. The number of benzene rings is 1. The maximum absolute atomic E-state index is 11.8. The van der Waals surface area contributed by atoms with E-state index in [-0.39, 0.29) is 11.9 Å². The molecule has 1 amide bonds. The monoisotopic (exact) mass is 317 g/mol. The largest absolute Gasteiger partial charge is 0.348 e. The Balaban J connectivity index is 2.63. The summed E-state index contributed by atoms with van der Waals surface area (Å²) in [5.74, 6) is 0.487. The number of alkyl halides is 1. The van der Waals surface area contributed by atoms with Crippen molar-refractivity contribution in [2.24, 2.45) is 5.92 Å². The molecule has 0 aliphatic rings. The molecule has 0 aliphatic carbocycles. The Morgan fingerprint density at radius 3 is 2.40 bits per heavy atom. The maximum atomic E-state index is 11.8. The third kappa shape index (κ3) is 3.81. The number of rotatable bonds is 4. The van der Waals surface area contributed by atoms with Gasteiger partial charge in [-0.3, -0.25) is 4.79 Å². The van der Waals surface area contributed by atoms with Crippen molar-refractivity contribution in [3.63, 3.8) is 0 Å². The average Bonchev–Trinajstić information content (AvgIpc) is 2.26. The zero-order valence-corrected chi connectivity index (χ0v) is 11.2. The van der Waals surface area contributed by atoms with Crippen LogP contribution in [0.4, 0.5) is 0 Å². The molecule has 0 aromatic heterocycles. The van der Waals surface area contributed by atoms with E-state index in [1.165, 1.54) is 0 Å². The Hall–Kier alpha value is -0.580. The minimum absolute atomic E-state index is 0.0194. The van der Waals surface area contributed by atoms with E-state index >= 15 is 0 Å². The fourth-order valence-electron chi connectivity index (χ4n) is 1.22. The molecule has 3 heteroatoms. The summed E-state index contributed by atoms with van der Waals surface area (Å²) in [6.07, 6.45) is 0. The highest BCUT2D eigenvalue weighted by Gasteiger charge is 2.15. The van der Waals surface area contributed by atoms with E-state index in [0.717, 1.165) is 9.99 Å². The van der Waals surface area contributed by atoms with Crippen molar-refractivity contribution in [2.75, 3.05) is 4.43 Å². The first-order valence-corrected chi connectivity index (χ1v) is 6.59. The summed E-state index contributed by atoms with van der Waals surface area (Å²) < 4.78 is 0.938. The molecule has 1 aromatic carbocycles. The third-order valence-corrected chi connectivity index (χ3v) is 3.27. The van der Waals surface area contributed by atoms with Gasteiger partial charge in [0.05, 0.1) is 0 Å². The summed E-state index contributed by atoms with van der Waals surface area (Å²) in [4.78, 5) is 11.8. The molecule has 0 spiro atoms. The van der Waals surface area contributed by atoms with Crippen LogP contribution in [0.3, 0.4) is 0 Å². The van der Waals surface area contributed by atoms with Gasteiger partial charge in [0.2, 0.25) is 0 Å². The van der Waals surface area contributed by atoms with Crippen LogP contribution in [0.5, 0.6) is 0 Å². The van der Waals surface area contributed by atoms with Crippen molar-refractivity contribution in [1.82, 2.24) is 5.32 Å². The first kappa shape index (κ1) is 12.5. The molecule has 1 atom stereocenters. The lowest BCUT2D eigenvalue weighted by molar-refractivity contribution is 0.0932. The molecular weight excluding hydrogens is 301 g/mol. The number of nitrogens with one attached hydrogen (secondary N) is 1. The summed E-state index contributed by atoms with van der Waals surface area (Å²) in [6, 6.07) is 9.58. The summed E-state index contributed by atoms with van der Waals surface area (Å²) in [5, 5.41) is 3.04. The van der Waals surface area contributed by atoms with Gasteiger partial charge >= 0.3 is 0 Å². The first-order valence-electron chi connectivity index (χ1n) is 5.07. The number of carbonyl (C=O) groups is 1. The molecule has 0 heterocycles. The smallest absolute Gasteiger partial charge is 0.251 e. The van der Waals surface area contributed by atoms with Crippen LogP contribution >= 0.6 is 22.6 Å². The van der Waals surface area contributed by atoms with Crippen LogP contribution in [0.2, 0.25) is 0 Å². The SMILES string of the molecule is CC(C)C(CI)NC(=O)c1ccccc1.